The molecule has 0 spiro atoms. The maximum Gasteiger partial charge on any atom is 0.295 e. The van der Waals surface area contributed by atoms with E-state index in [-0.39, 0.29) is 11.5 Å². The van der Waals surface area contributed by atoms with Crippen molar-refractivity contribution in [3.05, 3.63) is 71.3 Å². The van der Waals surface area contributed by atoms with E-state index < -0.39 is 5.97 Å². The molecule has 3 N–H and O–H groups in total. The molecule has 2 aromatic rings. The van der Waals surface area contributed by atoms with Gasteiger partial charge in [-0.3, -0.25) is 4.79 Å². The van der Waals surface area contributed by atoms with E-state index in [1.165, 1.54) is 27.6 Å². The van der Waals surface area contributed by atoms with Crippen LogP contribution < -0.4 is 20.3 Å². The largest absolute Gasteiger partial charge is 0.545 e. The highest BCUT2D eigenvalue weighted by molar-refractivity contribution is 5.97. The van der Waals surface area contributed by atoms with E-state index in [1.807, 2.05) is 6.07 Å². The van der Waals surface area contributed by atoms with Crippen molar-refractivity contribution in [3.63, 3.8) is 0 Å². The quantitative estimate of drug-likeness (QED) is 0.365. The molecule has 0 radical (unpaired) electrons. The molecule has 2 aromatic carbocycles. The molecule has 0 saturated carbocycles. The zero-order chi connectivity index (χ0) is 19.8. The number of amides is 1. The van der Waals surface area contributed by atoms with E-state index in [1.54, 1.807) is 18.2 Å². The second kappa shape index (κ2) is 9.77. The van der Waals surface area contributed by atoms with Crippen molar-refractivity contribution >= 4 is 18.1 Å². The van der Waals surface area contributed by atoms with Crippen LogP contribution in [0.5, 0.6) is 0 Å². The number of piperazine rings is 1. The fraction of sp³-hybridized carbons (Fsp3) is 0.286. The molecule has 1 heterocycles. The number of hydrogen-bond acceptors (Lipinski definition) is 4. The average Bonchev–Trinajstić information content (AvgIpc) is 2.70. The molecule has 0 aromatic heterocycles. The number of carbonyl (C=O) groups excluding carboxylic acids is 2. The van der Waals surface area contributed by atoms with Gasteiger partial charge >= 0.3 is 0 Å². The summed E-state index contributed by atoms with van der Waals surface area (Å²) in [6.07, 6.45) is 1.33. The third-order valence-corrected chi connectivity index (χ3v) is 4.95. The molecule has 3 rings (SSSR count). The minimum atomic E-state index is -1.27. The molecule has 7 nitrogen and oxygen atoms in total. The lowest BCUT2D eigenvalue weighted by Crippen LogP contribution is -3.28. The molecule has 1 aliphatic heterocycles. The van der Waals surface area contributed by atoms with E-state index in [0.29, 0.717) is 12.1 Å². The van der Waals surface area contributed by atoms with Crippen molar-refractivity contribution in [1.29, 1.82) is 0 Å². The first-order valence-electron chi connectivity index (χ1n) is 9.45. The number of benzene rings is 2. The smallest absolute Gasteiger partial charge is 0.295 e. The maximum absolute atomic E-state index is 12.1. The summed E-state index contributed by atoms with van der Waals surface area (Å²) in [6.45, 7) is 5.31. The normalized spacial score (nSPS) is 19.4. The van der Waals surface area contributed by atoms with E-state index in [4.69, 9.17) is 0 Å². The monoisotopic (exact) mass is 381 g/mol. The van der Waals surface area contributed by atoms with Gasteiger partial charge in [0.25, 0.3) is 5.91 Å². The molecular formula is C21H25N4O3+. The zero-order valence-electron chi connectivity index (χ0n) is 15.7. The van der Waals surface area contributed by atoms with Gasteiger partial charge in [0.05, 0.1) is 12.2 Å². The van der Waals surface area contributed by atoms with Gasteiger partial charge in [-0.2, -0.15) is 5.10 Å². The molecule has 0 atom stereocenters. The van der Waals surface area contributed by atoms with E-state index >= 15 is 0 Å². The van der Waals surface area contributed by atoms with Crippen LogP contribution in [-0.2, 0) is 11.3 Å². The van der Waals surface area contributed by atoms with Gasteiger partial charge in [0.15, 0.2) is 6.54 Å². The summed E-state index contributed by atoms with van der Waals surface area (Å²) >= 11 is 0. The number of quaternary nitrogens is 2. The SMILES string of the molecule is O=C(C[NH+]1CC[NH+](Cc2ccccc2)CC1)NN=Cc1ccccc1C(=O)[O-]. The highest BCUT2D eigenvalue weighted by Gasteiger charge is 2.24. The molecule has 0 bridgehead atoms. The number of nitrogens with one attached hydrogen (secondary N) is 3. The van der Waals surface area contributed by atoms with Crippen LogP contribution in [0.4, 0.5) is 0 Å². The first-order chi connectivity index (χ1) is 13.6. The lowest BCUT2D eigenvalue weighted by molar-refractivity contribution is -1.02. The number of rotatable bonds is 7. The molecule has 0 unspecified atom stereocenters. The molecule has 1 saturated heterocycles. The first-order valence-corrected chi connectivity index (χ1v) is 9.45. The topological polar surface area (TPSA) is 90.5 Å². The molecule has 1 amide bonds. The van der Waals surface area contributed by atoms with Crippen LogP contribution in [0.3, 0.4) is 0 Å². The van der Waals surface area contributed by atoms with Gasteiger partial charge in [-0.05, 0) is 0 Å². The van der Waals surface area contributed by atoms with E-state index in [9.17, 15) is 14.7 Å². The van der Waals surface area contributed by atoms with Crippen LogP contribution in [-0.4, -0.2) is 50.8 Å². The summed E-state index contributed by atoms with van der Waals surface area (Å²) in [4.78, 5) is 25.9. The van der Waals surface area contributed by atoms with Gasteiger partial charge in [0.1, 0.15) is 32.7 Å². The Bertz CT molecular complexity index is 831. The second-order valence-corrected chi connectivity index (χ2v) is 7.01. The van der Waals surface area contributed by atoms with Gasteiger partial charge in [0, 0.05) is 16.7 Å². The molecule has 7 heteroatoms. The number of nitrogens with zero attached hydrogens (tertiary/aromatic N) is 1. The zero-order valence-corrected chi connectivity index (χ0v) is 15.7. The predicted octanol–water partition coefficient (Wildman–Crippen LogP) is -2.52. The maximum atomic E-state index is 12.1. The number of aromatic carboxylic acids is 1. The van der Waals surface area contributed by atoms with Crippen molar-refractivity contribution in [2.75, 3.05) is 32.7 Å². The van der Waals surface area contributed by atoms with E-state index in [2.05, 4.69) is 34.8 Å². The molecule has 146 valence electrons. The summed E-state index contributed by atoms with van der Waals surface area (Å²) in [7, 11) is 0. The standard InChI is InChI=1S/C21H24N4O3/c26-20(23-22-14-18-8-4-5-9-19(18)21(27)28)16-25-12-10-24(11-13-25)15-17-6-2-1-3-7-17/h1-9,14H,10-13,15-16H2,(H,23,26)(H,27,28)/p+1. The van der Waals surface area contributed by atoms with Crippen molar-refractivity contribution in [1.82, 2.24) is 5.43 Å². The van der Waals surface area contributed by atoms with Crippen molar-refractivity contribution < 1.29 is 24.5 Å². The second-order valence-electron chi connectivity index (χ2n) is 7.01. The Hall–Kier alpha value is -3.03. The third kappa shape index (κ3) is 5.73. The van der Waals surface area contributed by atoms with E-state index in [0.717, 1.165) is 32.7 Å². The lowest BCUT2D eigenvalue weighted by atomic mass is 10.1. The number of carboxylic acids is 1. The Labute approximate surface area is 164 Å². The Morgan fingerprint density at radius 2 is 1.61 bits per heavy atom. The van der Waals surface area contributed by atoms with Crippen LogP contribution in [0.25, 0.3) is 0 Å². The van der Waals surface area contributed by atoms with Gasteiger partial charge in [-0.1, -0.05) is 54.6 Å². The fourth-order valence-corrected chi connectivity index (χ4v) is 3.43. The summed E-state index contributed by atoms with van der Waals surface area (Å²) < 4.78 is 0. The van der Waals surface area contributed by atoms with Gasteiger partial charge in [0.2, 0.25) is 0 Å². The summed E-state index contributed by atoms with van der Waals surface area (Å²) in [5.41, 5.74) is 4.26. The fourth-order valence-electron chi connectivity index (χ4n) is 3.43. The van der Waals surface area contributed by atoms with Crippen LogP contribution in [0.15, 0.2) is 59.7 Å². The van der Waals surface area contributed by atoms with Crippen molar-refractivity contribution in [3.8, 4) is 0 Å². The Kier molecular flexibility index (Phi) is 6.89. The Morgan fingerprint density at radius 1 is 0.964 bits per heavy atom. The Morgan fingerprint density at radius 3 is 2.32 bits per heavy atom. The molecule has 1 aliphatic rings. The predicted molar refractivity (Wildman–Crippen MR) is 103 cm³/mol. The number of carboxylic acid groups (broad SMARTS) is 1. The first kappa shape index (κ1) is 19.7. The van der Waals surface area contributed by atoms with Crippen LogP contribution >= 0.6 is 0 Å². The molecule has 0 aliphatic carbocycles. The summed E-state index contributed by atoms with van der Waals surface area (Å²) in [6, 6.07) is 16.8. The summed E-state index contributed by atoms with van der Waals surface area (Å²) in [5.74, 6) is -1.45. The van der Waals surface area contributed by atoms with Crippen molar-refractivity contribution in [2.24, 2.45) is 5.10 Å². The number of hydrogen-bond donors (Lipinski definition) is 3. The average molecular weight is 381 g/mol. The third-order valence-electron chi connectivity index (χ3n) is 4.95. The molecule has 28 heavy (non-hydrogen) atoms. The molecular weight excluding hydrogens is 356 g/mol. The summed E-state index contributed by atoms with van der Waals surface area (Å²) in [5, 5.41) is 14.9. The van der Waals surface area contributed by atoms with Crippen LogP contribution in [0, 0.1) is 0 Å². The lowest BCUT2D eigenvalue weighted by Gasteiger charge is -2.29. The highest BCUT2D eigenvalue weighted by atomic mass is 16.4. The number of carbonyl (C=O) groups is 2. The van der Waals surface area contributed by atoms with Crippen molar-refractivity contribution in [2.45, 2.75) is 6.54 Å². The Balaban J connectivity index is 1.42. The van der Waals surface area contributed by atoms with Crippen LogP contribution in [0.2, 0.25) is 0 Å². The molecule has 1 fully saturated rings. The van der Waals surface area contributed by atoms with Gasteiger partial charge < -0.3 is 19.7 Å². The van der Waals surface area contributed by atoms with Gasteiger partial charge in [-0.25, -0.2) is 5.43 Å². The minimum Gasteiger partial charge on any atom is -0.545 e. The highest BCUT2D eigenvalue weighted by Crippen LogP contribution is 2.04. The number of hydrazone groups is 1. The van der Waals surface area contributed by atoms with Gasteiger partial charge in [-0.15, -0.1) is 0 Å². The van der Waals surface area contributed by atoms with Crippen LogP contribution in [0.1, 0.15) is 21.5 Å². The minimum absolute atomic E-state index is 0.0450.